The average Bonchev–Trinajstić information content (AvgIpc) is 3.21. The van der Waals surface area contributed by atoms with E-state index < -0.39 is 5.82 Å². The number of amides is 1. The Morgan fingerprint density at radius 1 is 1.30 bits per heavy atom. The topological polar surface area (TPSA) is 90.3 Å². The highest BCUT2D eigenvalue weighted by Crippen LogP contribution is 2.32. The summed E-state index contributed by atoms with van der Waals surface area (Å²) in [5, 5.41) is 14.2. The molecule has 1 heterocycles. The molecule has 1 aliphatic rings. The largest absolute Gasteiger partial charge is 0.484 e. The molecule has 0 unspecified atom stereocenters. The fraction of sp³-hybridized carbons (Fsp3) is 0.450. The number of carbonyl (C=O) groups is 1. The normalized spacial score (nSPS) is 17.9. The van der Waals surface area contributed by atoms with Crippen molar-refractivity contribution in [2.45, 2.75) is 31.4 Å². The standard InChI is InChI=1S/C20H25ClFN5O3/c1-14(26-20(28)13-30-16-2-3-18(21)19(22)12-16)4-5-23-8-9-29-17-10-15(11-17)27-24-6-7-25-27/h2-3,6-7,12,15,17,23H,1,4-5,8-11,13H2,(H,26,28). The van der Waals surface area contributed by atoms with Crippen LogP contribution >= 0.6 is 11.6 Å². The Morgan fingerprint density at radius 3 is 2.80 bits per heavy atom. The van der Waals surface area contributed by atoms with Gasteiger partial charge < -0.3 is 20.1 Å². The number of ether oxygens (including phenoxy) is 2. The molecule has 1 amide bonds. The van der Waals surface area contributed by atoms with Crippen LogP contribution in [0.25, 0.3) is 0 Å². The molecular weight excluding hydrogens is 413 g/mol. The number of nitrogens with zero attached hydrogens (tertiary/aromatic N) is 3. The lowest BCUT2D eigenvalue weighted by atomic mass is 9.90. The minimum absolute atomic E-state index is 0.00138. The van der Waals surface area contributed by atoms with E-state index in [-0.39, 0.29) is 29.4 Å². The van der Waals surface area contributed by atoms with Gasteiger partial charge in [-0.05, 0) is 31.4 Å². The summed E-state index contributed by atoms with van der Waals surface area (Å²) in [7, 11) is 0. The van der Waals surface area contributed by atoms with E-state index in [4.69, 9.17) is 21.1 Å². The van der Waals surface area contributed by atoms with Gasteiger partial charge in [0.2, 0.25) is 0 Å². The van der Waals surface area contributed by atoms with Gasteiger partial charge in [-0.2, -0.15) is 15.0 Å². The molecule has 162 valence electrons. The zero-order valence-electron chi connectivity index (χ0n) is 16.5. The minimum atomic E-state index is -0.596. The maximum Gasteiger partial charge on any atom is 0.262 e. The lowest BCUT2D eigenvalue weighted by Gasteiger charge is -2.34. The van der Waals surface area contributed by atoms with Crippen molar-refractivity contribution in [1.82, 2.24) is 25.6 Å². The van der Waals surface area contributed by atoms with Crippen LogP contribution in [-0.2, 0) is 9.53 Å². The molecule has 1 aromatic carbocycles. The van der Waals surface area contributed by atoms with E-state index in [1.807, 2.05) is 0 Å². The van der Waals surface area contributed by atoms with E-state index in [9.17, 15) is 9.18 Å². The maximum absolute atomic E-state index is 13.3. The number of benzene rings is 1. The quantitative estimate of drug-likeness (QED) is 0.496. The highest BCUT2D eigenvalue weighted by atomic mass is 35.5. The van der Waals surface area contributed by atoms with Crippen LogP contribution in [0.15, 0.2) is 42.9 Å². The predicted octanol–water partition coefficient (Wildman–Crippen LogP) is 2.48. The van der Waals surface area contributed by atoms with Crippen molar-refractivity contribution < 1.29 is 18.7 Å². The van der Waals surface area contributed by atoms with Crippen molar-refractivity contribution >= 4 is 17.5 Å². The SMILES string of the molecule is C=C(CCNCCOC1CC(n2nccn2)C1)NC(=O)COc1ccc(Cl)c(F)c1. The third-order valence-electron chi connectivity index (χ3n) is 4.65. The van der Waals surface area contributed by atoms with Crippen molar-refractivity contribution in [2.24, 2.45) is 0 Å². The first-order valence-electron chi connectivity index (χ1n) is 9.75. The number of hydrogen-bond acceptors (Lipinski definition) is 6. The Labute approximate surface area is 179 Å². The third kappa shape index (κ3) is 6.79. The van der Waals surface area contributed by atoms with Gasteiger partial charge in [-0.3, -0.25) is 4.79 Å². The molecule has 2 aromatic rings. The van der Waals surface area contributed by atoms with Crippen LogP contribution < -0.4 is 15.4 Å². The molecule has 10 heteroatoms. The molecule has 3 rings (SSSR count). The van der Waals surface area contributed by atoms with Crippen LogP contribution in [0.4, 0.5) is 4.39 Å². The zero-order chi connectivity index (χ0) is 21.3. The number of aromatic nitrogens is 3. The van der Waals surface area contributed by atoms with E-state index in [2.05, 4.69) is 27.4 Å². The second-order valence-corrected chi connectivity index (χ2v) is 7.39. The van der Waals surface area contributed by atoms with E-state index in [0.717, 1.165) is 18.9 Å². The van der Waals surface area contributed by atoms with Gasteiger partial charge in [0.1, 0.15) is 11.6 Å². The molecule has 0 saturated heterocycles. The molecule has 0 bridgehead atoms. The average molecular weight is 438 g/mol. The molecule has 1 saturated carbocycles. The van der Waals surface area contributed by atoms with Gasteiger partial charge in [0.25, 0.3) is 5.91 Å². The van der Waals surface area contributed by atoms with Crippen molar-refractivity contribution in [3.05, 3.63) is 53.7 Å². The highest BCUT2D eigenvalue weighted by molar-refractivity contribution is 6.30. The second-order valence-electron chi connectivity index (χ2n) is 6.98. The molecule has 2 N–H and O–H groups in total. The molecule has 0 atom stereocenters. The summed E-state index contributed by atoms with van der Waals surface area (Å²) in [6.07, 6.45) is 6.07. The van der Waals surface area contributed by atoms with Crippen LogP contribution in [0, 0.1) is 5.82 Å². The van der Waals surface area contributed by atoms with Crippen LogP contribution in [0.2, 0.25) is 5.02 Å². The third-order valence-corrected chi connectivity index (χ3v) is 4.95. The first-order chi connectivity index (χ1) is 14.5. The zero-order valence-corrected chi connectivity index (χ0v) is 17.3. The highest BCUT2D eigenvalue weighted by Gasteiger charge is 2.32. The van der Waals surface area contributed by atoms with Gasteiger partial charge in [-0.25, -0.2) is 4.39 Å². The Bertz CT molecular complexity index is 843. The second kappa shape index (κ2) is 11.1. The summed E-state index contributed by atoms with van der Waals surface area (Å²) in [4.78, 5) is 13.6. The van der Waals surface area contributed by atoms with Crippen LogP contribution in [0.3, 0.4) is 0 Å². The Morgan fingerprint density at radius 2 is 2.07 bits per heavy atom. The summed E-state index contributed by atoms with van der Waals surface area (Å²) in [5.74, 6) is -0.719. The van der Waals surface area contributed by atoms with Crippen LogP contribution in [-0.4, -0.2) is 53.3 Å². The van der Waals surface area contributed by atoms with Gasteiger partial charge in [-0.1, -0.05) is 18.2 Å². The van der Waals surface area contributed by atoms with E-state index in [0.29, 0.717) is 37.9 Å². The number of hydrogen-bond donors (Lipinski definition) is 2. The van der Waals surface area contributed by atoms with Gasteiger partial charge in [0, 0.05) is 24.9 Å². The van der Waals surface area contributed by atoms with Crippen molar-refractivity contribution in [2.75, 3.05) is 26.3 Å². The molecule has 0 radical (unpaired) electrons. The number of nitrogens with one attached hydrogen (secondary N) is 2. The summed E-state index contributed by atoms with van der Waals surface area (Å²) < 4.78 is 24.4. The molecular formula is C20H25ClFN5O3. The molecule has 1 fully saturated rings. The fourth-order valence-electron chi connectivity index (χ4n) is 2.95. The monoisotopic (exact) mass is 437 g/mol. The van der Waals surface area contributed by atoms with E-state index in [1.165, 1.54) is 12.1 Å². The van der Waals surface area contributed by atoms with Gasteiger partial charge in [-0.15, -0.1) is 0 Å². The molecule has 8 nitrogen and oxygen atoms in total. The lowest BCUT2D eigenvalue weighted by Crippen LogP contribution is -2.36. The summed E-state index contributed by atoms with van der Waals surface area (Å²) in [6, 6.07) is 4.34. The number of carbonyl (C=O) groups excluding carboxylic acids is 1. The van der Waals surface area contributed by atoms with E-state index >= 15 is 0 Å². The molecule has 30 heavy (non-hydrogen) atoms. The van der Waals surface area contributed by atoms with Gasteiger partial charge in [0.05, 0.1) is 36.2 Å². The number of rotatable bonds is 12. The van der Waals surface area contributed by atoms with Gasteiger partial charge in [0.15, 0.2) is 6.61 Å². The molecule has 0 spiro atoms. The Kier molecular flexibility index (Phi) is 8.18. The Balaban J connectivity index is 1.18. The smallest absolute Gasteiger partial charge is 0.262 e. The van der Waals surface area contributed by atoms with Crippen molar-refractivity contribution in [1.29, 1.82) is 0 Å². The summed E-state index contributed by atoms with van der Waals surface area (Å²) in [6.45, 7) is 5.59. The minimum Gasteiger partial charge on any atom is -0.484 e. The molecule has 1 aliphatic carbocycles. The summed E-state index contributed by atoms with van der Waals surface area (Å²) in [5.41, 5.74) is 0.577. The lowest BCUT2D eigenvalue weighted by molar-refractivity contribution is -0.122. The summed E-state index contributed by atoms with van der Waals surface area (Å²) >= 11 is 5.60. The van der Waals surface area contributed by atoms with Crippen molar-refractivity contribution in [3.63, 3.8) is 0 Å². The van der Waals surface area contributed by atoms with Crippen LogP contribution in [0.5, 0.6) is 5.75 Å². The fourth-order valence-corrected chi connectivity index (χ4v) is 3.07. The van der Waals surface area contributed by atoms with E-state index in [1.54, 1.807) is 17.2 Å². The predicted molar refractivity (Wildman–Crippen MR) is 110 cm³/mol. The Hall–Kier alpha value is -2.49. The van der Waals surface area contributed by atoms with Crippen LogP contribution in [0.1, 0.15) is 25.3 Å². The van der Waals surface area contributed by atoms with Gasteiger partial charge >= 0.3 is 0 Å². The molecule has 0 aliphatic heterocycles. The molecule has 1 aromatic heterocycles. The first-order valence-corrected chi connectivity index (χ1v) is 10.1. The number of halogens is 2. The van der Waals surface area contributed by atoms with Crippen molar-refractivity contribution in [3.8, 4) is 5.75 Å². The maximum atomic E-state index is 13.3. The first kappa shape index (κ1) is 22.2.